The number of halogens is 4. The van der Waals surface area contributed by atoms with Gasteiger partial charge in [-0.05, 0) is 6.58 Å². The van der Waals surface area contributed by atoms with Crippen LogP contribution in [0.15, 0.2) is 25.2 Å². The van der Waals surface area contributed by atoms with E-state index < -0.39 is 24.7 Å². The summed E-state index contributed by atoms with van der Waals surface area (Å²) in [4.78, 5) is 0. The predicted molar refractivity (Wildman–Crippen MR) is 36.0 cm³/mol. The van der Waals surface area contributed by atoms with Gasteiger partial charge in [-0.3, -0.25) is 0 Å². The lowest BCUT2D eigenvalue weighted by molar-refractivity contribution is -0.213. The van der Waals surface area contributed by atoms with Gasteiger partial charge in [-0.1, -0.05) is 6.08 Å². The van der Waals surface area contributed by atoms with Crippen LogP contribution in [0.1, 0.15) is 6.42 Å². The first kappa shape index (κ1) is 11.0. The van der Waals surface area contributed by atoms with Crippen molar-refractivity contribution in [3.8, 4) is 0 Å². The van der Waals surface area contributed by atoms with Crippen LogP contribution in [0.4, 0.5) is 17.6 Å². The van der Waals surface area contributed by atoms with Crippen molar-refractivity contribution in [3.05, 3.63) is 25.2 Å². The van der Waals surface area contributed by atoms with Crippen LogP contribution in [0, 0.1) is 0 Å². The quantitative estimate of drug-likeness (QED) is 0.370. The topological polar surface area (TPSA) is 9.23 Å². The van der Waals surface area contributed by atoms with E-state index in [1.54, 1.807) is 0 Å². The third-order valence-corrected chi connectivity index (χ3v) is 1.02. The molecule has 0 heterocycles. The highest BCUT2D eigenvalue weighted by molar-refractivity contribution is 4.82. The molecule has 0 aliphatic heterocycles. The molecule has 0 radical (unpaired) electrons. The number of ether oxygens (including phenoxy) is 1. The van der Waals surface area contributed by atoms with Gasteiger partial charge in [0.25, 0.3) is 6.01 Å². The SMILES string of the molecule is C=CCC(OC(=C)F)C(F)(F)F. The summed E-state index contributed by atoms with van der Waals surface area (Å²) in [5.41, 5.74) is 0. The van der Waals surface area contributed by atoms with E-state index in [1.807, 2.05) is 0 Å². The van der Waals surface area contributed by atoms with Crippen LogP contribution in [0.5, 0.6) is 0 Å². The van der Waals surface area contributed by atoms with E-state index in [2.05, 4.69) is 17.9 Å². The summed E-state index contributed by atoms with van der Waals surface area (Å²) in [6.07, 6.45) is -6.27. The van der Waals surface area contributed by atoms with Crippen molar-refractivity contribution in [2.45, 2.75) is 18.7 Å². The summed E-state index contributed by atoms with van der Waals surface area (Å²) in [6.45, 7) is 5.66. The Hall–Kier alpha value is -1.00. The van der Waals surface area contributed by atoms with E-state index >= 15 is 0 Å². The molecule has 12 heavy (non-hydrogen) atoms. The molecule has 0 aliphatic rings. The predicted octanol–water partition coefficient (Wildman–Crippen LogP) is 2.95. The minimum absolute atomic E-state index is 0.494. The molecule has 0 rings (SSSR count). The number of hydrogen-bond acceptors (Lipinski definition) is 1. The van der Waals surface area contributed by atoms with Gasteiger partial charge in [-0.2, -0.15) is 17.6 Å². The second-order valence-corrected chi connectivity index (χ2v) is 2.03. The van der Waals surface area contributed by atoms with E-state index in [0.717, 1.165) is 6.08 Å². The van der Waals surface area contributed by atoms with E-state index in [1.165, 1.54) is 0 Å². The highest BCUT2D eigenvalue weighted by Gasteiger charge is 2.41. The van der Waals surface area contributed by atoms with Gasteiger partial charge < -0.3 is 4.74 Å². The minimum Gasteiger partial charge on any atom is -0.458 e. The minimum atomic E-state index is -4.59. The Kier molecular flexibility index (Phi) is 3.79. The molecule has 0 aromatic carbocycles. The molecule has 0 N–H and O–H groups in total. The zero-order valence-electron chi connectivity index (χ0n) is 6.20. The zero-order chi connectivity index (χ0) is 9.78. The van der Waals surface area contributed by atoms with Gasteiger partial charge in [-0.25, -0.2) is 0 Å². The van der Waals surface area contributed by atoms with E-state index in [-0.39, 0.29) is 0 Å². The van der Waals surface area contributed by atoms with E-state index in [0.29, 0.717) is 0 Å². The molecule has 1 atom stereocenters. The second-order valence-electron chi connectivity index (χ2n) is 2.03. The van der Waals surface area contributed by atoms with Gasteiger partial charge in [0.05, 0.1) is 0 Å². The van der Waals surface area contributed by atoms with Gasteiger partial charge >= 0.3 is 6.18 Å². The van der Waals surface area contributed by atoms with Crippen molar-refractivity contribution >= 4 is 0 Å². The Balaban J connectivity index is 4.22. The van der Waals surface area contributed by atoms with E-state index in [9.17, 15) is 17.6 Å². The lowest BCUT2D eigenvalue weighted by atomic mass is 10.2. The molecule has 0 aromatic rings. The van der Waals surface area contributed by atoms with Crippen LogP contribution in [0.25, 0.3) is 0 Å². The van der Waals surface area contributed by atoms with Crippen LogP contribution in [-0.2, 0) is 4.74 Å². The van der Waals surface area contributed by atoms with Gasteiger partial charge in [0.1, 0.15) is 0 Å². The fraction of sp³-hybridized carbons (Fsp3) is 0.429. The van der Waals surface area contributed by atoms with Gasteiger partial charge in [-0.15, -0.1) is 6.58 Å². The average molecular weight is 184 g/mol. The third kappa shape index (κ3) is 4.00. The second kappa shape index (κ2) is 4.13. The standard InChI is InChI=1S/C7H8F4O/c1-3-4-6(7(9,10)11)12-5(2)8/h3,6H,1-2,4H2. The van der Waals surface area contributed by atoms with Gasteiger partial charge in [0.2, 0.25) is 0 Å². The summed E-state index contributed by atoms with van der Waals surface area (Å²) in [5.74, 6) is 0. The number of rotatable bonds is 4. The summed E-state index contributed by atoms with van der Waals surface area (Å²) in [6, 6.07) is -1.45. The molecule has 5 heteroatoms. The first-order valence-corrected chi connectivity index (χ1v) is 3.06. The third-order valence-electron chi connectivity index (χ3n) is 1.02. The van der Waals surface area contributed by atoms with Crippen molar-refractivity contribution < 1.29 is 22.3 Å². The van der Waals surface area contributed by atoms with Crippen LogP contribution >= 0.6 is 0 Å². The first-order valence-electron chi connectivity index (χ1n) is 3.06. The summed E-state index contributed by atoms with van der Waals surface area (Å²) in [7, 11) is 0. The molecule has 70 valence electrons. The Labute approximate surface area is 67.3 Å². The van der Waals surface area contributed by atoms with Crippen molar-refractivity contribution in [2.75, 3.05) is 0 Å². The Morgan fingerprint density at radius 2 is 2.00 bits per heavy atom. The molecule has 1 unspecified atom stereocenters. The molecule has 0 amide bonds. The van der Waals surface area contributed by atoms with Crippen molar-refractivity contribution in [3.63, 3.8) is 0 Å². The normalized spacial score (nSPS) is 13.7. The monoisotopic (exact) mass is 184 g/mol. The molecule has 0 aliphatic carbocycles. The highest BCUT2D eigenvalue weighted by Crippen LogP contribution is 2.27. The molecule has 0 saturated carbocycles. The zero-order valence-corrected chi connectivity index (χ0v) is 6.20. The van der Waals surface area contributed by atoms with Crippen molar-refractivity contribution in [2.24, 2.45) is 0 Å². The highest BCUT2D eigenvalue weighted by atomic mass is 19.4. The van der Waals surface area contributed by atoms with Gasteiger partial charge in [0, 0.05) is 6.42 Å². The molecule has 1 nitrogen and oxygen atoms in total. The molecule has 0 saturated heterocycles. The first-order chi connectivity index (χ1) is 5.38. The van der Waals surface area contributed by atoms with Crippen molar-refractivity contribution in [1.29, 1.82) is 0 Å². The van der Waals surface area contributed by atoms with Crippen LogP contribution in [0.3, 0.4) is 0 Å². The van der Waals surface area contributed by atoms with Crippen LogP contribution in [0.2, 0.25) is 0 Å². The Bertz CT molecular complexity index is 173. The van der Waals surface area contributed by atoms with Gasteiger partial charge in [0.15, 0.2) is 6.10 Å². The maximum atomic E-state index is 11.9. The lowest BCUT2D eigenvalue weighted by Crippen LogP contribution is -2.30. The lowest BCUT2D eigenvalue weighted by Gasteiger charge is -2.18. The Morgan fingerprint density at radius 1 is 1.50 bits per heavy atom. The molecule has 0 spiro atoms. The molecule has 0 bridgehead atoms. The fourth-order valence-corrected chi connectivity index (χ4v) is 0.554. The number of alkyl halides is 3. The van der Waals surface area contributed by atoms with Crippen LogP contribution in [-0.4, -0.2) is 12.3 Å². The van der Waals surface area contributed by atoms with Crippen molar-refractivity contribution in [1.82, 2.24) is 0 Å². The smallest absolute Gasteiger partial charge is 0.425 e. The summed E-state index contributed by atoms with van der Waals surface area (Å²) >= 11 is 0. The molecular weight excluding hydrogens is 176 g/mol. The number of hydrogen-bond donors (Lipinski definition) is 0. The molecular formula is C7H8F4O. The average Bonchev–Trinajstić information content (AvgIpc) is 1.83. The summed E-state index contributed by atoms with van der Waals surface area (Å²) in [5, 5.41) is 0. The molecule has 0 fully saturated rings. The maximum Gasteiger partial charge on any atom is 0.425 e. The maximum absolute atomic E-state index is 11.9. The van der Waals surface area contributed by atoms with E-state index in [4.69, 9.17) is 0 Å². The fourth-order valence-electron chi connectivity index (χ4n) is 0.554. The Morgan fingerprint density at radius 3 is 2.25 bits per heavy atom. The summed E-state index contributed by atoms with van der Waals surface area (Å²) < 4.78 is 51.3. The largest absolute Gasteiger partial charge is 0.458 e. The van der Waals surface area contributed by atoms with Crippen LogP contribution < -0.4 is 0 Å². The molecule has 0 aromatic heterocycles.